The number of nitrogens with zero attached hydrogens (tertiary/aromatic N) is 3. The molecule has 4 nitrogen and oxygen atoms in total. The van der Waals surface area contributed by atoms with Gasteiger partial charge in [0.1, 0.15) is 5.15 Å². The average Bonchev–Trinajstić information content (AvgIpc) is 2.16. The van der Waals surface area contributed by atoms with Crippen molar-refractivity contribution in [1.29, 1.82) is 0 Å². The van der Waals surface area contributed by atoms with Crippen LogP contribution in [0.3, 0.4) is 0 Å². The SMILES string of the molecule is Cc1cc(Cl)nc(N2CCNC(C)C2)n1. The fraction of sp³-hybridized carbons (Fsp3) is 0.600. The lowest BCUT2D eigenvalue weighted by Gasteiger charge is -2.31. The summed E-state index contributed by atoms with van der Waals surface area (Å²) in [5, 5.41) is 3.90. The summed E-state index contributed by atoms with van der Waals surface area (Å²) in [6, 6.07) is 2.25. The highest BCUT2D eigenvalue weighted by atomic mass is 35.5. The minimum atomic E-state index is 0.474. The van der Waals surface area contributed by atoms with Crippen LogP contribution < -0.4 is 10.2 Å². The van der Waals surface area contributed by atoms with E-state index in [0.29, 0.717) is 11.2 Å². The molecule has 1 fully saturated rings. The summed E-state index contributed by atoms with van der Waals surface area (Å²) < 4.78 is 0. The van der Waals surface area contributed by atoms with E-state index in [1.54, 1.807) is 6.07 Å². The lowest BCUT2D eigenvalue weighted by atomic mass is 10.2. The summed E-state index contributed by atoms with van der Waals surface area (Å²) in [7, 11) is 0. The van der Waals surface area contributed by atoms with Gasteiger partial charge in [0.15, 0.2) is 0 Å². The molecule has 0 spiro atoms. The maximum Gasteiger partial charge on any atom is 0.227 e. The van der Waals surface area contributed by atoms with Crippen LogP contribution in [0.25, 0.3) is 0 Å². The molecule has 1 aliphatic rings. The topological polar surface area (TPSA) is 41.1 Å². The van der Waals surface area contributed by atoms with Gasteiger partial charge in [-0.25, -0.2) is 9.97 Å². The Kier molecular flexibility index (Phi) is 3.07. The zero-order valence-corrected chi connectivity index (χ0v) is 9.75. The molecule has 1 aromatic rings. The van der Waals surface area contributed by atoms with Crippen LogP contribution in [0.2, 0.25) is 5.15 Å². The van der Waals surface area contributed by atoms with Crippen molar-refractivity contribution in [2.75, 3.05) is 24.5 Å². The first kappa shape index (κ1) is 10.6. The largest absolute Gasteiger partial charge is 0.338 e. The number of piperazine rings is 1. The Morgan fingerprint density at radius 3 is 3.00 bits per heavy atom. The molecule has 1 atom stereocenters. The molecule has 5 heteroatoms. The number of rotatable bonds is 1. The van der Waals surface area contributed by atoms with Gasteiger partial charge in [0.25, 0.3) is 0 Å². The van der Waals surface area contributed by atoms with E-state index >= 15 is 0 Å². The minimum absolute atomic E-state index is 0.474. The lowest BCUT2D eigenvalue weighted by Crippen LogP contribution is -2.49. The molecule has 15 heavy (non-hydrogen) atoms. The highest BCUT2D eigenvalue weighted by Gasteiger charge is 2.18. The van der Waals surface area contributed by atoms with E-state index in [9.17, 15) is 0 Å². The monoisotopic (exact) mass is 226 g/mol. The van der Waals surface area contributed by atoms with E-state index in [1.807, 2.05) is 6.92 Å². The number of hydrogen-bond acceptors (Lipinski definition) is 4. The third-order valence-electron chi connectivity index (χ3n) is 2.46. The minimum Gasteiger partial charge on any atom is -0.338 e. The van der Waals surface area contributed by atoms with E-state index in [4.69, 9.17) is 11.6 Å². The first-order chi connectivity index (χ1) is 7.15. The highest BCUT2D eigenvalue weighted by molar-refractivity contribution is 6.29. The fourth-order valence-corrected chi connectivity index (χ4v) is 2.00. The van der Waals surface area contributed by atoms with Gasteiger partial charge in [0.2, 0.25) is 5.95 Å². The van der Waals surface area contributed by atoms with Crippen molar-refractivity contribution in [3.8, 4) is 0 Å². The van der Waals surface area contributed by atoms with Gasteiger partial charge in [-0.2, -0.15) is 0 Å². The first-order valence-electron chi connectivity index (χ1n) is 5.14. The molecule has 0 aliphatic carbocycles. The van der Waals surface area contributed by atoms with E-state index < -0.39 is 0 Å². The molecule has 0 radical (unpaired) electrons. The molecule has 1 aromatic heterocycles. The van der Waals surface area contributed by atoms with Crippen molar-refractivity contribution in [2.45, 2.75) is 19.9 Å². The zero-order valence-electron chi connectivity index (χ0n) is 9.00. The van der Waals surface area contributed by atoms with Crippen LogP contribution in [0, 0.1) is 6.92 Å². The summed E-state index contributed by atoms with van der Waals surface area (Å²) in [4.78, 5) is 10.8. The molecule has 1 unspecified atom stereocenters. The summed E-state index contributed by atoms with van der Waals surface area (Å²) in [5.74, 6) is 0.744. The van der Waals surface area contributed by atoms with E-state index in [2.05, 4.69) is 27.1 Å². The number of aromatic nitrogens is 2. The Bertz CT molecular complexity index is 335. The number of hydrogen-bond donors (Lipinski definition) is 1. The van der Waals surface area contributed by atoms with Crippen molar-refractivity contribution < 1.29 is 0 Å². The number of anilines is 1. The molecule has 1 N–H and O–H groups in total. The van der Waals surface area contributed by atoms with Crippen molar-refractivity contribution >= 4 is 17.5 Å². The standard InChI is InChI=1S/C10H15ClN4/c1-7-5-9(11)14-10(13-7)15-4-3-12-8(2)6-15/h5,8,12H,3-4,6H2,1-2H3. The van der Waals surface area contributed by atoms with Gasteiger partial charge in [-0.3, -0.25) is 0 Å². The molecule has 1 aliphatic heterocycles. The molecular weight excluding hydrogens is 212 g/mol. The van der Waals surface area contributed by atoms with E-state index in [0.717, 1.165) is 31.3 Å². The van der Waals surface area contributed by atoms with Crippen molar-refractivity contribution in [3.63, 3.8) is 0 Å². The Balaban J connectivity index is 2.20. The van der Waals surface area contributed by atoms with Gasteiger partial charge in [-0.1, -0.05) is 11.6 Å². The van der Waals surface area contributed by atoms with Gasteiger partial charge < -0.3 is 10.2 Å². The maximum atomic E-state index is 5.91. The Hall–Kier alpha value is -0.870. The molecule has 0 amide bonds. The van der Waals surface area contributed by atoms with Crippen LogP contribution >= 0.6 is 11.6 Å². The van der Waals surface area contributed by atoms with Crippen LogP contribution in [-0.4, -0.2) is 35.6 Å². The van der Waals surface area contributed by atoms with Crippen LogP contribution in [0.5, 0.6) is 0 Å². The Morgan fingerprint density at radius 2 is 2.33 bits per heavy atom. The summed E-state index contributed by atoms with van der Waals surface area (Å²) in [6.45, 7) is 6.92. The van der Waals surface area contributed by atoms with Crippen molar-refractivity contribution in [3.05, 3.63) is 16.9 Å². The van der Waals surface area contributed by atoms with E-state index in [-0.39, 0.29) is 0 Å². The molecule has 0 saturated carbocycles. The summed E-state index contributed by atoms with van der Waals surface area (Å²) in [5.41, 5.74) is 0.913. The predicted molar refractivity (Wildman–Crippen MR) is 61.5 cm³/mol. The number of halogens is 1. The van der Waals surface area contributed by atoms with Crippen LogP contribution in [0.1, 0.15) is 12.6 Å². The average molecular weight is 227 g/mol. The van der Waals surface area contributed by atoms with E-state index in [1.165, 1.54) is 0 Å². The molecule has 2 rings (SSSR count). The summed E-state index contributed by atoms with van der Waals surface area (Å²) in [6.07, 6.45) is 0. The second kappa shape index (κ2) is 4.33. The maximum absolute atomic E-state index is 5.91. The van der Waals surface area contributed by atoms with Gasteiger partial charge >= 0.3 is 0 Å². The molecule has 0 aromatic carbocycles. The number of nitrogens with one attached hydrogen (secondary N) is 1. The van der Waals surface area contributed by atoms with Gasteiger partial charge in [-0.15, -0.1) is 0 Å². The smallest absolute Gasteiger partial charge is 0.227 e. The summed E-state index contributed by atoms with van der Waals surface area (Å²) >= 11 is 5.91. The predicted octanol–water partition coefficient (Wildman–Crippen LogP) is 1.24. The molecular formula is C10H15ClN4. The third-order valence-corrected chi connectivity index (χ3v) is 2.66. The quantitative estimate of drug-likeness (QED) is 0.732. The van der Waals surface area contributed by atoms with Gasteiger partial charge in [0.05, 0.1) is 0 Å². The molecule has 1 saturated heterocycles. The number of aryl methyl sites for hydroxylation is 1. The van der Waals surface area contributed by atoms with Gasteiger partial charge in [0, 0.05) is 31.4 Å². The van der Waals surface area contributed by atoms with Crippen molar-refractivity contribution in [2.24, 2.45) is 0 Å². The third kappa shape index (κ3) is 2.58. The normalized spacial score (nSPS) is 21.8. The second-order valence-electron chi connectivity index (χ2n) is 3.93. The second-order valence-corrected chi connectivity index (χ2v) is 4.32. The van der Waals surface area contributed by atoms with Gasteiger partial charge in [-0.05, 0) is 19.9 Å². The first-order valence-corrected chi connectivity index (χ1v) is 5.52. The van der Waals surface area contributed by atoms with Crippen LogP contribution in [0.4, 0.5) is 5.95 Å². The fourth-order valence-electron chi connectivity index (χ4n) is 1.77. The van der Waals surface area contributed by atoms with Crippen LogP contribution in [0.15, 0.2) is 6.07 Å². The lowest BCUT2D eigenvalue weighted by molar-refractivity contribution is 0.479. The zero-order chi connectivity index (χ0) is 10.8. The van der Waals surface area contributed by atoms with Crippen LogP contribution in [-0.2, 0) is 0 Å². The molecule has 82 valence electrons. The Morgan fingerprint density at radius 1 is 1.53 bits per heavy atom. The Labute approximate surface area is 94.7 Å². The molecule has 2 heterocycles. The molecule has 0 bridgehead atoms. The van der Waals surface area contributed by atoms with Crippen molar-refractivity contribution in [1.82, 2.24) is 15.3 Å². The highest BCUT2D eigenvalue weighted by Crippen LogP contribution is 2.15.